The first kappa shape index (κ1) is 34.9. The van der Waals surface area contributed by atoms with Crippen molar-refractivity contribution in [2.24, 2.45) is 22.1 Å². The van der Waals surface area contributed by atoms with Gasteiger partial charge in [0.05, 0.1) is 41.9 Å². The first-order chi connectivity index (χ1) is 24.4. The second-order valence-corrected chi connectivity index (χ2v) is 18.8. The molecular formula is C39H49ClN4O6S. The second-order valence-electron chi connectivity index (χ2n) is 16.4. The molecule has 2 saturated carbocycles. The molecule has 4 heterocycles. The van der Waals surface area contributed by atoms with Crippen LogP contribution in [0.2, 0.25) is 5.02 Å². The monoisotopic (exact) mass is 736 g/mol. The summed E-state index contributed by atoms with van der Waals surface area (Å²) < 4.78 is 40.0. The van der Waals surface area contributed by atoms with Gasteiger partial charge in [0.15, 0.2) is 0 Å². The number of methoxy groups -OCH3 is 1. The molecule has 0 unspecified atom stereocenters. The third-order valence-electron chi connectivity index (χ3n) is 12.3. The highest BCUT2D eigenvalue weighted by Crippen LogP contribution is 2.51. The standard InChI is InChI=1S/C39H49ClN4O6S/c1-25-6-4-8-33(48-3)30-12-9-28(30)18-44-22-38(15-5-7-26-16-29(40)11-13-31(26)38)23-49-34-14-10-27(17-32(34)44)35(45)42-51(47,19-25)43-36(46)41-39-20-37(2,21-39)50-24-39/h4,8,10-11,13-14,16-17,25,28,30,33H,5-7,9,12,15,18-24H2,1-3H3,(H2,41,42,43,45,46,47)/b8-4+/t25-,28-,30+,33-,37?,38-,39?,51-/m0/s1. The largest absolute Gasteiger partial charge is 0.490 e. The molecule has 2 saturated heterocycles. The van der Waals surface area contributed by atoms with Crippen molar-refractivity contribution in [2.45, 2.75) is 87.9 Å². The first-order valence-electron chi connectivity index (χ1n) is 18.4. The maximum atomic E-state index is 14.5. The van der Waals surface area contributed by atoms with Crippen LogP contribution in [0.15, 0.2) is 52.9 Å². The number of fused-ring (bicyclic) bond motifs is 5. The molecule has 9 rings (SSSR count). The molecule has 6 atom stereocenters. The number of amides is 3. The van der Waals surface area contributed by atoms with Crippen molar-refractivity contribution in [1.29, 1.82) is 0 Å². The number of benzene rings is 2. The van der Waals surface area contributed by atoms with Crippen LogP contribution in [-0.2, 0) is 31.2 Å². The SMILES string of the molecule is CO[C@H]1/C=C/C[C@H](C)C[S@@](=O)(NC(=O)NC23COC(C)(C2)C3)=NC(=O)c2ccc3c(c2)N(C[C@@H]2CC[C@H]21)C[C@@]1(CCCc2cc(Cl)ccc21)CO3. The van der Waals surface area contributed by atoms with Gasteiger partial charge in [0.1, 0.15) is 15.7 Å². The van der Waals surface area contributed by atoms with E-state index in [1.807, 2.05) is 32.0 Å². The van der Waals surface area contributed by atoms with Gasteiger partial charge in [-0.1, -0.05) is 36.7 Å². The number of anilines is 1. The number of hydrogen-bond donors (Lipinski definition) is 2. The zero-order valence-corrected chi connectivity index (χ0v) is 31.3. The van der Waals surface area contributed by atoms with Gasteiger partial charge in [0.25, 0.3) is 5.91 Å². The number of carbonyl (C=O) groups is 2. The quantitative estimate of drug-likeness (QED) is 0.342. The Kier molecular flexibility index (Phi) is 8.96. The summed E-state index contributed by atoms with van der Waals surface area (Å²) in [5, 5.41) is 3.73. The van der Waals surface area contributed by atoms with E-state index in [2.05, 4.69) is 43.6 Å². The van der Waals surface area contributed by atoms with Gasteiger partial charge in [0.2, 0.25) is 0 Å². The molecule has 7 aliphatic rings. The highest BCUT2D eigenvalue weighted by molar-refractivity contribution is 7.92. The lowest BCUT2D eigenvalue weighted by atomic mass is 9.68. The molecule has 4 bridgehead atoms. The van der Waals surface area contributed by atoms with Gasteiger partial charge in [0, 0.05) is 49.0 Å². The molecule has 274 valence electrons. The average molecular weight is 737 g/mol. The molecule has 4 aliphatic heterocycles. The molecule has 2 N–H and O–H groups in total. The lowest BCUT2D eigenvalue weighted by Gasteiger charge is -2.46. The number of rotatable bonds is 3. The molecular weight excluding hydrogens is 688 g/mol. The number of halogens is 1. The number of nitrogens with one attached hydrogen (secondary N) is 2. The fourth-order valence-electron chi connectivity index (χ4n) is 9.80. The van der Waals surface area contributed by atoms with Crippen LogP contribution in [0.1, 0.15) is 80.3 Å². The summed E-state index contributed by atoms with van der Waals surface area (Å²) in [7, 11) is -1.74. The van der Waals surface area contributed by atoms with Gasteiger partial charge in [-0.25, -0.2) is 9.00 Å². The predicted octanol–water partition coefficient (Wildman–Crippen LogP) is 6.59. The van der Waals surface area contributed by atoms with E-state index in [0.717, 1.165) is 55.9 Å². The summed E-state index contributed by atoms with van der Waals surface area (Å²) in [6.07, 6.45) is 11.3. The van der Waals surface area contributed by atoms with E-state index in [1.54, 1.807) is 13.2 Å². The van der Waals surface area contributed by atoms with Crippen LogP contribution in [0.25, 0.3) is 0 Å². The molecule has 12 heteroatoms. The first-order valence-corrected chi connectivity index (χ1v) is 20.5. The van der Waals surface area contributed by atoms with Gasteiger partial charge in [-0.05, 0) is 105 Å². The maximum absolute atomic E-state index is 14.5. The average Bonchev–Trinajstić information content (AvgIpc) is 3.50. The minimum atomic E-state index is -3.51. The van der Waals surface area contributed by atoms with Gasteiger partial charge >= 0.3 is 6.03 Å². The summed E-state index contributed by atoms with van der Waals surface area (Å²) in [4.78, 5) is 29.8. The summed E-state index contributed by atoms with van der Waals surface area (Å²) in [5.41, 5.74) is 2.72. The number of ether oxygens (including phenoxy) is 3. The minimum absolute atomic E-state index is 0.0214. The fraction of sp³-hybridized carbons (Fsp3) is 0.590. The Labute approximate surface area is 306 Å². The van der Waals surface area contributed by atoms with E-state index < -0.39 is 27.4 Å². The van der Waals surface area contributed by atoms with Crippen molar-refractivity contribution in [2.75, 3.05) is 44.1 Å². The number of allylic oxidation sites excluding steroid dienone is 1. The van der Waals surface area contributed by atoms with Crippen LogP contribution in [-0.4, -0.2) is 72.6 Å². The van der Waals surface area contributed by atoms with Crippen LogP contribution in [0, 0.1) is 17.8 Å². The topological polar surface area (TPSA) is 119 Å². The van der Waals surface area contributed by atoms with E-state index in [1.165, 1.54) is 11.1 Å². The Bertz CT molecular complexity index is 1890. The van der Waals surface area contributed by atoms with Crippen LogP contribution in [0.5, 0.6) is 5.75 Å². The van der Waals surface area contributed by atoms with Crippen molar-refractivity contribution >= 4 is 39.1 Å². The molecule has 10 nitrogen and oxygen atoms in total. The molecule has 3 aliphatic carbocycles. The zero-order valence-electron chi connectivity index (χ0n) is 29.8. The summed E-state index contributed by atoms with van der Waals surface area (Å²) in [6.45, 7) is 6.42. The van der Waals surface area contributed by atoms with Gasteiger partial charge < -0.3 is 24.4 Å². The van der Waals surface area contributed by atoms with E-state index in [4.69, 9.17) is 25.8 Å². The molecule has 2 aromatic rings. The van der Waals surface area contributed by atoms with Crippen LogP contribution in [0.3, 0.4) is 0 Å². The van der Waals surface area contributed by atoms with Gasteiger partial charge in [-0.3, -0.25) is 9.52 Å². The van der Waals surface area contributed by atoms with Crippen molar-refractivity contribution in [3.63, 3.8) is 0 Å². The Morgan fingerprint density at radius 1 is 1.16 bits per heavy atom. The fourth-order valence-corrected chi connectivity index (χ4v) is 11.8. The predicted molar refractivity (Wildman–Crippen MR) is 198 cm³/mol. The van der Waals surface area contributed by atoms with E-state index >= 15 is 0 Å². The van der Waals surface area contributed by atoms with E-state index in [0.29, 0.717) is 55.6 Å². The number of hydrogen-bond acceptors (Lipinski definition) is 7. The van der Waals surface area contributed by atoms with Crippen LogP contribution >= 0.6 is 11.6 Å². The summed E-state index contributed by atoms with van der Waals surface area (Å²) in [5.74, 6) is 0.708. The summed E-state index contributed by atoms with van der Waals surface area (Å²) >= 11 is 6.46. The normalized spacial score (nSPS) is 37.7. The molecule has 4 fully saturated rings. The second kappa shape index (κ2) is 13.1. The van der Waals surface area contributed by atoms with E-state index in [-0.39, 0.29) is 28.8 Å². The van der Waals surface area contributed by atoms with Crippen LogP contribution < -0.4 is 19.7 Å². The lowest BCUT2D eigenvalue weighted by molar-refractivity contribution is 0.0131. The number of carbonyl (C=O) groups excluding carboxylic acids is 2. The van der Waals surface area contributed by atoms with Crippen molar-refractivity contribution < 1.29 is 28.0 Å². The number of urea groups is 1. The Hall–Kier alpha value is -3.12. The zero-order chi connectivity index (χ0) is 35.6. The third-order valence-corrected chi connectivity index (χ3v) is 14.5. The Morgan fingerprint density at radius 2 is 2.00 bits per heavy atom. The maximum Gasteiger partial charge on any atom is 0.327 e. The Morgan fingerprint density at radius 3 is 2.75 bits per heavy atom. The van der Waals surface area contributed by atoms with Gasteiger partial charge in [-0.2, -0.15) is 0 Å². The molecule has 0 aromatic heterocycles. The highest BCUT2D eigenvalue weighted by Gasteiger charge is 2.60. The van der Waals surface area contributed by atoms with Crippen LogP contribution in [0.4, 0.5) is 10.5 Å². The number of aryl methyl sites for hydroxylation is 1. The third kappa shape index (κ3) is 6.68. The molecule has 2 aromatic carbocycles. The van der Waals surface area contributed by atoms with E-state index in [9.17, 15) is 13.8 Å². The molecule has 1 spiro atoms. The van der Waals surface area contributed by atoms with Crippen molar-refractivity contribution in [3.05, 3.63) is 70.3 Å². The number of nitrogens with zero attached hydrogens (tertiary/aromatic N) is 2. The Balaban J connectivity index is 1.16. The molecule has 3 amide bonds. The lowest BCUT2D eigenvalue weighted by Crippen LogP contribution is -2.61. The van der Waals surface area contributed by atoms with Crippen molar-refractivity contribution in [3.8, 4) is 5.75 Å². The molecule has 51 heavy (non-hydrogen) atoms. The minimum Gasteiger partial charge on any atom is -0.490 e. The smallest absolute Gasteiger partial charge is 0.327 e. The van der Waals surface area contributed by atoms with Crippen molar-refractivity contribution in [1.82, 2.24) is 10.0 Å². The summed E-state index contributed by atoms with van der Waals surface area (Å²) in [6, 6.07) is 11.0. The molecule has 0 radical (unpaired) electrons. The highest BCUT2D eigenvalue weighted by atomic mass is 35.5. The van der Waals surface area contributed by atoms with Gasteiger partial charge in [-0.15, -0.1) is 4.36 Å².